The topological polar surface area (TPSA) is 54.7 Å². The predicted molar refractivity (Wildman–Crippen MR) is 49.7 cm³/mol. The highest BCUT2D eigenvalue weighted by Gasteiger charge is 2.02. The van der Waals surface area contributed by atoms with Crippen molar-refractivity contribution >= 4 is 12.2 Å². The Kier molecular flexibility index (Phi) is 1.94. The van der Waals surface area contributed by atoms with Gasteiger partial charge in [0.1, 0.15) is 0 Å². The van der Waals surface area contributed by atoms with Crippen LogP contribution in [0.15, 0.2) is 22.7 Å². The summed E-state index contributed by atoms with van der Waals surface area (Å²) in [5.41, 5.74) is 1.77. The first-order valence-corrected chi connectivity index (χ1v) is 4.15. The number of aromatic amines is 1. The van der Waals surface area contributed by atoms with Crippen LogP contribution in [0.3, 0.4) is 0 Å². The van der Waals surface area contributed by atoms with Gasteiger partial charge < -0.3 is 4.42 Å². The average molecular weight is 193 g/mol. The molecule has 66 valence electrons. The van der Waals surface area contributed by atoms with Gasteiger partial charge in [0.05, 0.1) is 5.56 Å². The Morgan fingerprint density at radius 3 is 2.85 bits per heavy atom. The summed E-state index contributed by atoms with van der Waals surface area (Å²) in [5.74, 6) is 0.470. The molecule has 0 aliphatic heterocycles. The maximum absolute atomic E-state index is 5.12. The van der Waals surface area contributed by atoms with E-state index in [0.29, 0.717) is 5.89 Å². The zero-order chi connectivity index (χ0) is 9.26. The van der Waals surface area contributed by atoms with Crippen LogP contribution >= 0.6 is 12.2 Å². The third-order valence-corrected chi connectivity index (χ3v) is 1.77. The molecule has 0 amide bonds. The number of aromatic nitrogens is 3. The van der Waals surface area contributed by atoms with Gasteiger partial charge in [0, 0.05) is 11.9 Å². The molecule has 0 radical (unpaired) electrons. The molecule has 2 heterocycles. The maximum atomic E-state index is 5.12. The number of hydrogen-bond acceptors (Lipinski definition) is 4. The van der Waals surface area contributed by atoms with Crippen LogP contribution in [0.5, 0.6) is 0 Å². The Morgan fingerprint density at radius 1 is 1.46 bits per heavy atom. The van der Waals surface area contributed by atoms with Crippen LogP contribution in [0.1, 0.15) is 5.69 Å². The van der Waals surface area contributed by atoms with Crippen LogP contribution in [0.4, 0.5) is 0 Å². The van der Waals surface area contributed by atoms with E-state index in [1.807, 2.05) is 19.1 Å². The summed E-state index contributed by atoms with van der Waals surface area (Å²) < 4.78 is 5.12. The number of nitrogens with zero attached hydrogens (tertiary/aromatic N) is 2. The summed E-state index contributed by atoms with van der Waals surface area (Å²) in [6, 6.07) is 3.78. The van der Waals surface area contributed by atoms with Gasteiger partial charge in [0.2, 0.25) is 5.89 Å². The third-order valence-electron chi connectivity index (χ3n) is 1.60. The maximum Gasteiger partial charge on any atom is 0.284 e. The zero-order valence-electron chi connectivity index (χ0n) is 6.94. The van der Waals surface area contributed by atoms with E-state index in [9.17, 15) is 0 Å². The van der Waals surface area contributed by atoms with Gasteiger partial charge in [0.25, 0.3) is 4.84 Å². The van der Waals surface area contributed by atoms with E-state index in [2.05, 4.69) is 15.2 Å². The molecule has 0 aliphatic rings. The van der Waals surface area contributed by atoms with Gasteiger partial charge in [-0.3, -0.25) is 4.98 Å². The van der Waals surface area contributed by atoms with Crippen molar-refractivity contribution in [3.63, 3.8) is 0 Å². The summed E-state index contributed by atoms with van der Waals surface area (Å²) in [7, 11) is 0. The number of H-pyrrole nitrogens is 1. The largest absolute Gasteiger partial charge is 0.409 e. The van der Waals surface area contributed by atoms with Crippen molar-refractivity contribution in [1.29, 1.82) is 0 Å². The Hall–Kier alpha value is -1.49. The molecule has 0 fully saturated rings. The molecule has 4 nitrogen and oxygen atoms in total. The molecule has 5 heteroatoms. The van der Waals surface area contributed by atoms with Crippen molar-refractivity contribution in [1.82, 2.24) is 15.2 Å². The highest BCUT2D eigenvalue weighted by molar-refractivity contribution is 7.71. The summed E-state index contributed by atoms with van der Waals surface area (Å²) in [6.07, 6.45) is 1.70. The average Bonchev–Trinajstić information content (AvgIpc) is 2.53. The van der Waals surface area contributed by atoms with Crippen LogP contribution in [-0.2, 0) is 0 Å². The van der Waals surface area contributed by atoms with Crippen molar-refractivity contribution < 1.29 is 4.42 Å². The lowest BCUT2D eigenvalue weighted by atomic mass is 10.2. The summed E-state index contributed by atoms with van der Waals surface area (Å²) in [6.45, 7) is 1.92. The fourth-order valence-electron chi connectivity index (χ4n) is 0.948. The SMILES string of the molecule is Cc1ccc(-c2n[nH]c(=S)o2)cn1. The third kappa shape index (κ3) is 1.65. The fraction of sp³-hybridized carbons (Fsp3) is 0.125. The van der Waals surface area contributed by atoms with Crippen molar-refractivity contribution in [2.75, 3.05) is 0 Å². The second-order valence-electron chi connectivity index (χ2n) is 2.61. The minimum absolute atomic E-state index is 0.274. The Labute approximate surface area is 79.6 Å². The van der Waals surface area contributed by atoms with E-state index in [4.69, 9.17) is 16.6 Å². The molecule has 0 spiro atoms. The van der Waals surface area contributed by atoms with Crippen LogP contribution in [0.2, 0.25) is 0 Å². The molecule has 2 rings (SSSR count). The molecule has 0 saturated heterocycles. The molecule has 0 saturated carbocycles. The highest BCUT2D eigenvalue weighted by atomic mass is 32.1. The number of pyridine rings is 1. The second kappa shape index (κ2) is 3.10. The smallest absolute Gasteiger partial charge is 0.284 e. The van der Waals surface area contributed by atoms with E-state index in [0.717, 1.165) is 11.3 Å². The fourth-order valence-corrected chi connectivity index (χ4v) is 1.07. The van der Waals surface area contributed by atoms with Gasteiger partial charge in [-0.15, -0.1) is 5.10 Å². The van der Waals surface area contributed by atoms with Crippen LogP contribution in [0.25, 0.3) is 11.5 Å². The quantitative estimate of drug-likeness (QED) is 0.705. The summed E-state index contributed by atoms with van der Waals surface area (Å²) in [4.78, 5) is 4.39. The Balaban J connectivity index is 2.47. The molecular formula is C8H7N3OS. The molecule has 2 aromatic heterocycles. The lowest BCUT2D eigenvalue weighted by molar-refractivity contribution is 0.552. The van der Waals surface area contributed by atoms with Crippen LogP contribution in [-0.4, -0.2) is 15.2 Å². The molecular weight excluding hydrogens is 186 g/mol. The van der Waals surface area contributed by atoms with Crippen molar-refractivity contribution in [3.8, 4) is 11.5 Å². The number of hydrogen-bond donors (Lipinski definition) is 1. The minimum Gasteiger partial charge on any atom is -0.409 e. The predicted octanol–water partition coefficient (Wildman–Crippen LogP) is 2.10. The minimum atomic E-state index is 0.274. The molecule has 1 N–H and O–H groups in total. The van der Waals surface area contributed by atoms with E-state index >= 15 is 0 Å². The first kappa shape index (κ1) is 8.12. The van der Waals surface area contributed by atoms with Gasteiger partial charge in [-0.25, -0.2) is 5.10 Å². The lowest BCUT2D eigenvalue weighted by Crippen LogP contribution is -1.82. The van der Waals surface area contributed by atoms with E-state index in [1.165, 1.54) is 0 Å². The van der Waals surface area contributed by atoms with Gasteiger partial charge in [0.15, 0.2) is 0 Å². The molecule has 0 unspecified atom stereocenters. The van der Waals surface area contributed by atoms with Gasteiger partial charge >= 0.3 is 0 Å². The van der Waals surface area contributed by atoms with E-state index < -0.39 is 0 Å². The Morgan fingerprint density at radius 2 is 2.31 bits per heavy atom. The van der Waals surface area contributed by atoms with Crippen molar-refractivity contribution in [3.05, 3.63) is 28.9 Å². The van der Waals surface area contributed by atoms with Crippen molar-refractivity contribution in [2.24, 2.45) is 0 Å². The molecule has 13 heavy (non-hydrogen) atoms. The number of aryl methyl sites for hydroxylation is 1. The monoisotopic (exact) mass is 193 g/mol. The number of nitrogens with one attached hydrogen (secondary N) is 1. The first-order valence-electron chi connectivity index (χ1n) is 3.74. The van der Waals surface area contributed by atoms with Gasteiger partial charge in [-0.05, 0) is 31.3 Å². The van der Waals surface area contributed by atoms with Gasteiger partial charge in [-0.2, -0.15) is 0 Å². The Bertz CT molecular complexity index is 457. The zero-order valence-corrected chi connectivity index (χ0v) is 7.76. The summed E-state index contributed by atoms with van der Waals surface area (Å²) >= 11 is 4.75. The molecule has 0 bridgehead atoms. The standard InChI is InChI=1S/C8H7N3OS/c1-5-2-3-6(4-9-5)7-10-11-8(13)12-7/h2-4H,1H3,(H,11,13). The highest BCUT2D eigenvalue weighted by Crippen LogP contribution is 2.14. The lowest BCUT2D eigenvalue weighted by Gasteiger charge is -1.93. The number of rotatable bonds is 1. The van der Waals surface area contributed by atoms with E-state index in [-0.39, 0.29) is 4.84 Å². The second-order valence-corrected chi connectivity index (χ2v) is 2.98. The normalized spacial score (nSPS) is 10.2. The van der Waals surface area contributed by atoms with Gasteiger partial charge in [-0.1, -0.05) is 0 Å². The van der Waals surface area contributed by atoms with Crippen molar-refractivity contribution in [2.45, 2.75) is 6.92 Å². The molecule has 0 aromatic carbocycles. The van der Waals surface area contributed by atoms with E-state index in [1.54, 1.807) is 6.20 Å². The first-order chi connectivity index (χ1) is 6.25. The van der Waals surface area contributed by atoms with Crippen LogP contribution < -0.4 is 0 Å². The molecule has 2 aromatic rings. The molecule has 0 aliphatic carbocycles. The van der Waals surface area contributed by atoms with Crippen LogP contribution in [0, 0.1) is 11.8 Å². The summed E-state index contributed by atoms with van der Waals surface area (Å²) in [5, 5.41) is 6.43. The molecule has 0 atom stereocenters.